The highest BCUT2D eigenvalue weighted by molar-refractivity contribution is 6.10. The molecule has 0 aromatic heterocycles. The zero-order valence-electron chi connectivity index (χ0n) is 10.8. The van der Waals surface area contributed by atoms with Crippen LogP contribution in [-0.2, 0) is 4.79 Å². The molecular formula is C16H17NO. The van der Waals surface area contributed by atoms with Gasteiger partial charge in [-0.25, -0.2) is 0 Å². The van der Waals surface area contributed by atoms with Crippen LogP contribution in [0.4, 0.5) is 0 Å². The molecule has 2 aliphatic rings. The lowest BCUT2D eigenvalue weighted by Gasteiger charge is -2.31. The van der Waals surface area contributed by atoms with Crippen LogP contribution in [0, 0.1) is 5.41 Å². The van der Waals surface area contributed by atoms with Crippen molar-refractivity contribution in [1.29, 1.82) is 0 Å². The van der Waals surface area contributed by atoms with Crippen molar-refractivity contribution in [3.8, 4) is 0 Å². The van der Waals surface area contributed by atoms with Gasteiger partial charge in [0.15, 0.2) is 5.78 Å². The molecule has 0 saturated carbocycles. The van der Waals surface area contributed by atoms with Gasteiger partial charge >= 0.3 is 0 Å². The third kappa shape index (κ3) is 1.56. The van der Waals surface area contributed by atoms with Gasteiger partial charge in [0.05, 0.1) is 11.5 Å². The lowest BCUT2D eigenvalue weighted by atomic mass is 9.70. The van der Waals surface area contributed by atoms with Crippen LogP contribution >= 0.6 is 0 Å². The molecule has 18 heavy (non-hydrogen) atoms. The molecule has 0 saturated heterocycles. The van der Waals surface area contributed by atoms with Crippen LogP contribution in [0.15, 0.2) is 47.0 Å². The van der Waals surface area contributed by atoms with Gasteiger partial charge in [-0.3, -0.25) is 9.79 Å². The van der Waals surface area contributed by atoms with Gasteiger partial charge in [-0.05, 0) is 31.4 Å². The number of Topliss-reactive ketones (excluding diaryl/α,β-unsaturated/α-hetero) is 1. The average molecular weight is 239 g/mol. The van der Waals surface area contributed by atoms with Crippen molar-refractivity contribution in [3.63, 3.8) is 0 Å². The second-order valence-corrected chi connectivity index (χ2v) is 5.50. The molecule has 0 unspecified atom stereocenters. The molecular weight excluding hydrogens is 222 g/mol. The number of carbonyl (C=O) groups is 1. The van der Waals surface area contributed by atoms with Gasteiger partial charge in [0.2, 0.25) is 0 Å². The number of benzene rings is 1. The first-order valence-corrected chi connectivity index (χ1v) is 6.45. The Bertz CT molecular complexity index is 556. The fourth-order valence-corrected chi connectivity index (χ4v) is 3.02. The van der Waals surface area contributed by atoms with Gasteiger partial charge in [0.1, 0.15) is 0 Å². The highest BCUT2D eigenvalue weighted by atomic mass is 16.1. The van der Waals surface area contributed by atoms with Gasteiger partial charge < -0.3 is 0 Å². The second-order valence-electron chi connectivity index (χ2n) is 5.50. The summed E-state index contributed by atoms with van der Waals surface area (Å²) in [7, 11) is 0. The fraction of sp³-hybridized carbons (Fsp3) is 0.375. The van der Waals surface area contributed by atoms with Crippen LogP contribution in [-0.4, -0.2) is 17.5 Å². The highest BCUT2D eigenvalue weighted by Gasteiger charge is 2.48. The summed E-state index contributed by atoms with van der Waals surface area (Å²) in [4.78, 5) is 17.2. The molecule has 0 N–H and O–H groups in total. The molecule has 92 valence electrons. The third-order valence-electron chi connectivity index (χ3n) is 4.21. The lowest BCUT2D eigenvalue weighted by molar-refractivity contribution is -0.124. The van der Waals surface area contributed by atoms with E-state index >= 15 is 0 Å². The summed E-state index contributed by atoms with van der Waals surface area (Å²) in [6.45, 7) is 3.99. The number of rotatable bonds is 1. The highest BCUT2D eigenvalue weighted by Crippen LogP contribution is 2.43. The minimum absolute atomic E-state index is 0.129. The minimum atomic E-state index is -0.315. The molecule has 0 spiro atoms. The van der Waals surface area contributed by atoms with E-state index in [1.165, 1.54) is 0 Å². The molecule has 1 aliphatic heterocycles. The van der Waals surface area contributed by atoms with E-state index in [2.05, 4.69) is 19.1 Å². The number of nitrogens with zero attached hydrogens (tertiary/aromatic N) is 1. The Balaban J connectivity index is 1.96. The van der Waals surface area contributed by atoms with Gasteiger partial charge in [0, 0.05) is 12.1 Å². The van der Waals surface area contributed by atoms with E-state index in [-0.39, 0.29) is 17.2 Å². The number of allylic oxidation sites excluding steroid dienone is 1. The average Bonchev–Trinajstić information content (AvgIpc) is 2.75. The molecule has 0 radical (unpaired) electrons. The summed E-state index contributed by atoms with van der Waals surface area (Å²) in [5.41, 5.74) is 2.82. The number of fused-ring (bicyclic) bond motifs is 1. The predicted molar refractivity (Wildman–Crippen MR) is 72.9 cm³/mol. The fourth-order valence-electron chi connectivity index (χ4n) is 3.02. The quantitative estimate of drug-likeness (QED) is 0.740. The maximum absolute atomic E-state index is 12.4. The Morgan fingerprint density at radius 1 is 1.28 bits per heavy atom. The van der Waals surface area contributed by atoms with Crippen molar-refractivity contribution in [1.82, 2.24) is 0 Å². The molecule has 0 fully saturated rings. The molecule has 2 atom stereocenters. The summed E-state index contributed by atoms with van der Waals surface area (Å²) in [6, 6.07) is 10.3. The van der Waals surface area contributed by atoms with E-state index in [0.717, 1.165) is 29.7 Å². The number of carbonyl (C=O) groups excluding carboxylic acids is 1. The van der Waals surface area contributed by atoms with Crippen molar-refractivity contribution in [2.24, 2.45) is 10.4 Å². The maximum atomic E-state index is 12.4. The van der Waals surface area contributed by atoms with Crippen molar-refractivity contribution >= 4 is 11.5 Å². The molecule has 0 bridgehead atoms. The first-order chi connectivity index (χ1) is 8.61. The van der Waals surface area contributed by atoms with Crippen LogP contribution in [0.1, 0.15) is 32.3 Å². The SMILES string of the molecule is CC1=CC[C@H]2N=C(c3ccccc3)C[C@]2(C)C1=O. The minimum Gasteiger partial charge on any atom is -0.294 e. The molecule has 1 aromatic carbocycles. The molecule has 0 amide bonds. The summed E-state index contributed by atoms with van der Waals surface area (Å²) < 4.78 is 0. The van der Waals surface area contributed by atoms with Crippen LogP contribution in [0.3, 0.4) is 0 Å². The Labute approximate surface area is 107 Å². The molecule has 3 rings (SSSR count). The summed E-state index contributed by atoms with van der Waals surface area (Å²) >= 11 is 0. The van der Waals surface area contributed by atoms with Crippen LogP contribution in [0.25, 0.3) is 0 Å². The maximum Gasteiger partial charge on any atom is 0.166 e. The monoisotopic (exact) mass is 239 g/mol. The van der Waals surface area contributed by atoms with Gasteiger partial charge in [0.25, 0.3) is 0 Å². The normalized spacial score (nSPS) is 30.8. The summed E-state index contributed by atoms with van der Waals surface area (Å²) in [6.07, 6.45) is 3.70. The smallest absolute Gasteiger partial charge is 0.166 e. The second kappa shape index (κ2) is 3.91. The zero-order chi connectivity index (χ0) is 12.8. The van der Waals surface area contributed by atoms with Crippen molar-refractivity contribution in [2.75, 3.05) is 0 Å². The third-order valence-corrected chi connectivity index (χ3v) is 4.21. The van der Waals surface area contributed by atoms with E-state index < -0.39 is 0 Å². The van der Waals surface area contributed by atoms with Gasteiger partial charge in [-0.15, -0.1) is 0 Å². The Kier molecular flexibility index (Phi) is 2.47. The molecule has 2 heteroatoms. The van der Waals surface area contributed by atoms with E-state index in [1.807, 2.05) is 31.2 Å². The number of ketones is 1. The topological polar surface area (TPSA) is 29.4 Å². The largest absolute Gasteiger partial charge is 0.294 e. The van der Waals surface area contributed by atoms with Crippen molar-refractivity contribution in [3.05, 3.63) is 47.5 Å². The molecule has 1 aromatic rings. The van der Waals surface area contributed by atoms with E-state index in [1.54, 1.807) is 0 Å². The molecule has 2 nitrogen and oxygen atoms in total. The van der Waals surface area contributed by atoms with Gasteiger partial charge in [-0.1, -0.05) is 36.4 Å². The Morgan fingerprint density at radius 2 is 2.00 bits per heavy atom. The predicted octanol–water partition coefficient (Wildman–Crippen LogP) is 3.17. The first kappa shape index (κ1) is 11.4. The Morgan fingerprint density at radius 3 is 2.72 bits per heavy atom. The number of hydrogen-bond donors (Lipinski definition) is 0. The van der Waals surface area contributed by atoms with E-state index in [9.17, 15) is 4.79 Å². The molecule has 1 heterocycles. The van der Waals surface area contributed by atoms with E-state index in [0.29, 0.717) is 0 Å². The summed E-state index contributed by atoms with van der Waals surface area (Å²) in [5.74, 6) is 0.272. The number of aliphatic imine (C=N–C) groups is 1. The lowest BCUT2D eigenvalue weighted by Crippen LogP contribution is -2.39. The number of hydrogen-bond acceptors (Lipinski definition) is 2. The van der Waals surface area contributed by atoms with Crippen molar-refractivity contribution in [2.45, 2.75) is 32.7 Å². The molecule has 1 aliphatic carbocycles. The Hall–Kier alpha value is -1.70. The van der Waals surface area contributed by atoms with Gasteiger partial charge in [-0.2, -0.15) is 0 Å². The zero-order valence-corrected chi connectivity index (χ0v) is 10.8. The van der Waals surface area contributed by atoms with Crippen LogP contribution in [0.5, 0.6) is 0 Å². The van der Waals surface area contributed by atoms with Crippen LogP contribution < -0.4 is 0 Å². The first-order valence-electron chi connectivity index (χ1n) is 6.45. The van der Waals surface area contributed by atoms with E-state index in [4.69, 9.17) is 4.99 Å². The standard InChI is InChI=1S/C16H17NO/c1-11-8-9-14-16(2,15(11)18)10-13(17-14)12-6-4-3-5-7-12/h3-8,14H,9-10H2,1-2H3/t14-,16+/m1/s1. The van der Waals surface area contributed by atoms with Crippen molar-refractivity contribution < 1.29 is 4.79 Å². The summed E-state index contributed by atoms with van der Waals surface area (Å²) in [5, 5.41) is 0. The van der Waals surface area contributed by atoms with Crippen LogP contribution in [0.2, 0.25) is 0 Å².